The number of ether oxygens (including phenoxy) is 1. The Labute approximate surface area is 183 Å². The molecule has 0 aliphatic carbocycles. The molecule has 0 saturated carbocycles. The minimum Gasteiger partial charge on any atom is -0.544 e. The molecule has 0 fully saturated rings. The Morgan fingerprint density at radius 3 is 2.19 bits per heavy atom. The van der Waals surface area contributed by atoms with Gasteiger partial charge in [-0.3, -0.25) is 15.1 Å². The van der Waals surface area contributed by atoms with Crippen molar-refractivity contribution in [3.05, 3.63) is 76.5 Å². The van der Waals surface area contributed by atoms with Crippen molar-refractivity contribution in [1.29, 1.82) is 0 Å². The van der Waals surface area contributed by atoms with Gasteiger partial charge in [0, 0.05) is 23.9 Å². The second-order valence-electron chi connectivity index (χ2n) is 8.85. The third kappa shape index (κ3) is 5.12. The Balaban J connectivity index is 1.71. The molecule has 1 aliphatic heterocycles. The van der Waals surface area contributed by atoms with Crippen molar-refractivity contribution < 1.29 is 14.1 Å². The van der Waals surface area contributed by atoms with Gasteiger partial charge in [-0.1, -0.05) is 20.8 Å². The van der Waals surface area contributed by atoms with Gasteiger partial charge in [-0.25, -0.2) is 10.8 Å². The average Bonchev–Trinajstić information content (AvgIpc) is 2.69. The topological polar surface area (TPSA) is 103 Å². The Kier molecular flexibility index (Phi) is 6.19. The van der Waals surface area contributed by atoms with E-state index >= 15 is 0 Å². The number of hydrogen-bond donors (Lipinski definition) is 1. The summed E-state index contributed by atoms with van der Waals surface area (Å²) in [6.45, 7) is 11.0. The lowest BCUT2D eigenvalue weighted by atomic mass is 10.2. The third-order valence-corrected chi connectivity index (χ3v) is 9.92. The van der Waals surface area contributed by atoms with Gasteiger partial charge >= 0.3 is 0 Å². The first-order chi connectivity index (χ1) is 14.5. The van der Waals surface area contributed by atoms with Crippen LogP contribution in [0.1, 0.15) is 26.3 Å². The van der Waals surface area contributed by atoms with Gasteiger partial charge in [-0.2, -0.15) is 0 Å². The van der Waals surface area contributed by atoms with Crippen molar-refractivity contribution in [1.82, 2.24) is 5.01 Å². The molecular weight excluding hydrogens is 412 g/mol. The van der Waals surface area contributed by atoms with Crippen LogP contribution in [-0.4, -0.2) is 30.3 Å². The predicted octanol–water partition coefficient (Wildman–Crippen LogP) is 4.83. The minimum absolute atomic E-state index is 0.00148. The van der Waals surface area contributed by atoms with E-state index in [1.165, 1.54) is 29.3 Å². The first kappa shape index (κ1) is 22.5. The second kappa shape index (κ2) is 8.52. The van der Waals surface area contributed by atoms with Crippen molar-refractivity contribution in [3.8, 4) is 11.5 Å². The first-order valence-electron chi connectivity index (χ1n) is 9.97. The number of nitro benzene ring substituents is 1. The molecular formula is C22H28N4O4Si. The second-order valence-corrected chi connectivity index (χ2v) is 13.6. The summed E-state index contributed by atoms with van der Waals surface area (Å²) >= 11 is 0. The molecule has 1 unspecified atom stereocenters. The van der Waals surface area contributed by atoms with Crippen molar-refractivity contribution in [2.75, 3.05) is 0 Å². The number of amidine groups is 1. The van der Waals surface area contributed by atoms with E-state index in [2.05, 4.69) is 38.9 Å². The molecule has 31 heavy (non-hydrogen) atoms. The molecule has 1 aliphatic rings. The zero-order valence-corrected chi connectivity index (χ0v) is 19.4. The van der Waals surface area contributed by atoms with Crippen molar-refractivity contribution >= 4 is 19.8 Å². The quantitative estimate of drug-likeness (QED) is 0.298. The number of non-ortho nitro benzene ring substituents is 1. The SMILES string of the molecule is CC(C)(C)[Si](C)(C)Oc1ccc(C2=NC=CC(Oc3ccc([N+](=O)[O-])cc3)N2N)cc1. The molecule has 0 amide bonds. The lowest BCUT2D eigenvalue weighted by Crippen LogP contribution is -2.49. The van der Waals surface area contributed by atoms with E-state index in [1.807, 2.05) is 24.3 Å². The van der Waals surface area contributed by atoms with Crippen LogP contribution in [0.25, 0.3) is 0 Å². The van der Waals surface area contributed by atoms with Crippen molar-refractivity contribution in [2.45, 2.75) is 45.1 Å². The van der Waals surface area contributed by atoms with Crippen LogP contribution in [0.3, 0.4) is 0 Å². The minimum atomic E-state index is -1.92. The summed E-state index contributed by atoms with van der Waals surface area (Å²) in [4.78, 5) is 14.7. The summed E-state index contributed by atoms with van der Waals surface area (Å²) < 4.78 is 12.2. The standard InChI is InChI=1S/C22H28N4O4Si/c1-22(2,3)31(4,5)30-19-10-6-16(7-11-19)21-24-15-14-20(25(21)23)29-18-12-8-17(9-13-18)26(27)28/h6-15,20H,23H2,1-5H3. The van der Waals surface area contributed by atoms with E-state index in [0.29, 0.717) is 11.6 Å². The van der Waals surface area contributed by atoms with Crippen LogP contribution in [0.2, 0.25) is 18.1 Å². The Bertz CT molecular complexity index is 996. The van der Waals surface area contributed by atoms with Crippen LogP contribution >= 0.6 is 0 Å². The van der Waals surface area contributed by atoms with Gasteiger partial charge in [0.2, 0.25) is 14.5 Å². The summed E-state index contributed by atoms with van der Waals surface area (Å²) in [7, 11) is -1.92. The van der Waals surface area contributed by atoms with Gasteiger partial charge < -0.3 is 9.16 Å². The maximum absolute atomic E-state index is 10.8. The molecule has 164 valence electrons. The Hall–Kier alpha value is -3.17. The number of rotatable bonds is 6. The molecule has 9 heteroatoms. The smallest absolute Gasteiger partial charge is 0.269 e. The highest BCUT2D eigenvalue weighted by molar-refractivity contribution is 6.74. The zero-order chi connectivity index (χ0) is 22.8. The third-order valence-electron chi connectivity index (χ3n) is 5.56. The molecule has 2 aromatic rings. The fraction of sp³-hybridized carbons (Fsp3) is 0.318. The van der Waals surface area contributed by atoms with E-state index in [4.69, 9.17) is 15.0 Å². The lowest BCUT2D eigenvalue weighted by Gasteiger charge is -2.36. The van der Waals surface area contributed by atoms with Crippen LogP contribution in [0.4, 0.5) is 5.69 Å². The summed E-state index contributed by atoms with van der Waals surface area (Å²) in [6, 6.07) is 13.5. The molecule has 2 aromatic carbocycles. The Morgan fingerprint density at radius 1 is 1.06 bits per heavy atom. The van der Waals surface area contributed by atoms with Crippen LogP contribution in [0.5, 0.6) is 11.5 Å². The zero-order valence-electron chi connectivity index (χ0n) is 18.4. The largest absolute Gasteiger partial charge is 0.544 e. The number of nitrogens with two attached hydrogens (primary N) is 1. The number of aliphatic imine (C=N–C) groups is 1. The van der Waals surface area contributed by atoms with Gasteiger partial charge in [0.05, 0.1) is 4.92 Å². The van der Waals surface area contributed by atoms with Crippen LogP contribution < -0.4 is 15.0 Å². The van der Waals surface area contributed by atoms with Crippen molar-refractivity contribution in [2.24, 2.45) is 10.8 Å². The molecule has 0 spiro atoms. The maximum atomic E-state index is 10.8. The highest BCUT2D eigenvalue weighted by Crippen LogP contribution is 2.37. The van der Waals surface area contributed by atoms with E-state index in [1.54, 1.807) is 12.3 Å². The predicted molar refractivity (Wildman–Crippen MR) is 123 cm³/mol. The van der Waals surface area contributed by atoms with Crippen LogP contribution in [-0.2, 0) is 0 Å². The van der Waals surface area contributed by atoms with Crippen LogP contribution in [0, 0.1) is 10.1 Å². The number of benzene rings is 2. The van der Waals surface area contributed by atoms with E-state index < -0.39 is 19.5 Å². The van der Waals surface area contributed by atoms with E-state index in [9.17, 15) is 10.1 Å². The summed E-state index contributed by atoms with van der Waals surface area (Å²) in [5, 5.41) is 12.3. The highest BCUT2D eigenvalue weighted by atomic mass is 28.4. The molecule has 1 heterocycles. The average molecular weight is 441 g/mol. The molecule has 2 N–H and O–H groups in total. The molecule has 0 aromatic heterocycles. The van der Waals surface area contributed by atoms with Gasteiger partial charge in [0.15, 0.2) is 5.84 Å². The van der Waals surface area contributed by atoms with E-state index in [-0.39, 0.29) is 10.7 Å². The molecule has 0 bridgehead atoms. The molecule has 8 nitrogen and oxygen atoms in total. The van der Waals surface area contributed by atoms with Crippen LogP contribution in [0.15, 0.2) is 65.8 Å². The number of nitro groups is 1. The van der Waals surface area contributed by atoms with Crippen molar-refractivity contribution in [3.63, 3.8) is 0 Å². The normalized spacial score (nSPS) is 16.6. The van der Waals surface area contributed by atoms with E-state index in [0.717, 1.165) is 11.3 Å². The lowest BCUT2D eigenvalue weighted by molar-refractivity contribution is -0.384. The maximum Gasteiger partial charge on any atom is 0.269 e. The van der Waals surface area contributed by atoms with Gasteiger partial charge in [0.1, 0.15) is 11.5 Å². The molecule has 0 radical (unpaired) electrons. The highest BCUT2D eigenvalue weighted by Gasteiger charge is 2.39. The van der Waals surface area contributed by atoms with Gasteiger partial charge in [-0.05, 0) is 60.6 Å². The molecule has 3 rings (SSSR count). The number of hydrogen-bond acceptors (Lipinski definition) is 7. The summed E-state index contributed by atoms with van der Waals surface area (Å²) in [6.07, 6.45) is 2.74. The monoisotopic (exact) mass is 440 g/mol. The fourth-order valence-electron chi connectivity index (χ4n) is 2.69. The summed E-state index contributed by atoms with van der Waals surface area (Å²) in [5.41, 5.74) is 0.824. The van der Waals surface area contributed by atoms with Gasteiger partial charge in [0.25, 0.3) is 5.69 Å². The summed E-state index contributed by atoms with van der Waals surface area (Å²) in [5.74, 6) is 8.11. The fourth-order valence-corrected chi connectivity index (χ4v) is 3.72. The first-order valence-corrected chi connectivity index (χ1v) is 12.9. The number of nitrogens with zero attached hydrogens (tertiary/aromatic N) is 3. The molecule has 0 saturated heterocycles. The molecule has 1 atom stereocenters. The number of hydrazine groups is 1. The van der Waals surface area contributed by atoms with Gasteiger partial charge in [-0.15, -0.1) is 0 Å². The Morgan fingerprint density at radius 2 is 1.65 bits per heavy atom.